The number of hydrogen-bond acceptors (Lipinski definition) is 3. The van der Waals surface area contributed by atoms with E-state index in [0.29, 0.717) is 13.0 Å². The number of nitrogens with one attached hydrogen (secondary N) is 2. The molecule has 0 fully saturated rings. The molecule has 2 N–H and O–H groups in total. The lowest BCUT2D eigenvalue weighted by atomic mass is 10.0. The fourth-order valence-electron chi connectivity index (χ4n) is 2.51. The predicted molar refractivity (Wildman–Crippen MR) is 87.5 cm³/mol. The highest BCUT2D eigenvalue weighted by molar-refractivity contribution is 9.10. The Morgan fingerprint density at radius 1 is 1.48 bits per heavy atom. The number of hydrogen-bond donors (Lipinski definition) is 2. The van der Waals surface area contributed by atoms with Crippen LogP contribution in [0.5, 0.6) is 5.75 Å². The summed E-state index contributed by atoms with van der Waals surface area (Å²) in [5.41, 5.74) is 1.18. The van der Waals surface area contributed by atoms with Crippen molar-refractivity contribution in [3.8, 4) is 5.75 Å². The van der Waals surface area contributed by atoms with Gasteiger partial charge in [-0.2, -0.15) is 0 Å². The summed E-state index contributed by atoms with van der Waals surface area (Å²) in [6, 6.07) is 6.59. The molecule has 0 aliphatic carbocycles. The summed E-state index contributed by atoms with van der Waals surface area (Å²) in [6.45, 7) is 5.37. The second kappa shape index (κ2) is 7.80. The fourth-order valence-corrected chi connectivity index (χ4v) is 2.85. The molecule has 2 rings (SSSR count). The third kappa shape index (κ3) is 5.00. The quantitative estimate of drug-likeness (QED) is 0.853. The van der Waals surface area contributed by atoms with E-state index in [4.69, 9.17) is 4.74 Å². The monoisotopic (exact) mass is 354 g/mol. The van der Waals surface area contributed by atoms with Crippen LogP contribution >= 0.6 is 15.9 Å². The summed E-state index contributed by atoms with van der Waals surface area (Å²) in [4.78, 5) is 11.7. The Morgan fingerprint density at radius 3 is 3.05 bits per heavy atom. The van der Waals surface area contributed by atoms with Gasteiger partial charge in [0.25, 0.3) is 0 Å². The van der Waals surface area contributed by atoms with E-state index in [9.17, 15) is 4.79 Å². The largest absolute Gasteiger partial charge is 0.493 e. The summed E-state index contributed by atoms with van der Waals surface area (Å²) in [6.07, 6.45) is 2.55. The Labute approximate surface area is 134 Å². The van der Waals surface area contributed by atoms with E-state index >= 15 is 0 Å². The molecule has 0 saturated carbocycles. The predicted octanol–water partition coefficient (Wildman–Crippen LogP) is 3.17. The maximum absolute atomic E-state index is 11.7. The molecule has 116 valence electrons. The van der Waals surface area contributed by atoms with E-state index in [-0.39, 0.29) is 18.0 Å². The van der Waals surface area contributed by atoms with Crippen LogP contribution in [0.25, 0.3) is 0 Å². The van der Waals surface area contributed by atoms with Gasteiger partial charge in [-0.1, -0.05) is 22.0 Å². The fraction of sp³-hybridized carbons (Fsp3) is 0.562. The molecule has 1 unspecified atom stereocenters. The number of ether oxygens (including phenoxy) is 1. The van der Waals surface area contributed by atoms with E-state index in [1.807, 2.05) is 26.0 Å². The Morgan fingerprint density at radius 2 is 2.29 bits per heavy atom. The van der Waals surface area contributed by atoms with Crippen LogP contribution in [0.4, 0.5) is 0 Å². The zero-order valence-electron chi connectivity index (χ0n) is 12.6. The highest BCUT2D eigenvalue weighted by Gasteiger charge is 2.19. The summed E-state index contributed by atoms with van der Waals surface area (Å²) in [5, 5.41) is 6.39. The van der Waals surface area contributed by atoms with Crippen LogP contribution in [0.3, 0.4) is 0 Å². The zero-order chi connectivity index (χ0) is 15.2. The van der Waals surface area contributed by atoms with E-state index in [0.717, 1.165) is 29.7 Å². The van der Waals surface area contributed by atoms with Crippen molar-refractivity contribution < 1.29 is 9.53 Å². The van der Waals surface area contributed by atoms with Gasteiger partial charge < -0.3 is 15.4 Å². The van der Waals surface area contributed by atoms with Crippen molar-refractivity contribution in [3.05, 3.63) is 28.2 Å². The average Bonchev–Trinajstić information content (AvgIpc) is 2.60. The Balaban J connectivity index is 1.93. The van der Waals surface area contributed by atoms with Crippen molar-refractivity contribution in [2.24, 2.45) is 0 Å². The third-order valence-corrected chi connectivity index (χ3v) is 3.93. The molecular weight excluding hydrogens is 332 g/mol. The summed E-state index contributed by atoms with van der Waals surface area (Å²) in [7, 11) is 0. The number of fused-ring (bicyclic) bond motifs is 1. The van der Waals surface area contributed by atoms with Crippen molar-refractivity contribution in [2.45, 2.75) is 45.2 Å². The van der Waals surface area contributed by atoms with Crippen LogP contribution in [0, 0.1) is 0 Å². The smallest absolute Gasteiger partial charge is 0.221 e. The van der Waals surface area contributed by atoms with Crippen molar-refractivity contribution >= 4 is 21.8 Å². The Hall–Kier alpha value is -1.07. The van der Waals surface area contributed by atoms with E-state index < -0.39 is 0 Å². The van der Waals surface area contributed by atoms with Gasteiger partial charge in [0.1, 0.15) is 5.75 Å². The Kier molecular flexibility index (Phi) is 6.06. The molecule has 0 aromatic heterocycles. The first kappa shape index (κ1) is 16.3. The first-order valence-corrected chi connectivity index (χ1v) is 8.30. The minimum absolute atomic E-state index is 0.0957. The van der Waals surface area contributed by atoms with Crippen LogP contribution < -0.4 is 15.4 Å². The average molecular weight is 355 g/mol. The van der Waals surface area contributed by atoms with Crippen molar-refractivity contribution in [3.63, 3.8) is 0 Å². The summed E-state index contributed by atoms with van der Waals surface area (Å²) >= 11 is 3.48. The molecule has 0 spiro atoms. The SMILES string of the molecule is CC(C)NC(=O)CCNC1CCCOc2cc(Br)ccc21. The van der Waals surface area contributed by atoms with Crippen LogP contribution in [-0.4, -0.2) is 25.1 Å². The molecule has 1 atom stereocenters. The van der Waals surface area contributed by atoms with Crippen molar-refractivity contribution in [2.75, 3.05) is 13.2 Å². The molecule has 1 aliphatic rings. The van der Waals surface area contributed by atoms with Crippen molar-refractivity contribution in [1.82, 2.24) is 10.6 Å². The Bertz CT molecular complexity index is 491. The molecule has 5 heteroatoms. The lowest BCUT2D eigenvalue weighted by Crippen LogP contribution is -2.33. The standard InChI is InChI=1S/C16H23BrN2O2/c1-11(2)19-16(20)7-8-18-14-4-3-9-21-15-10-12(17)5-6-13(14)15/h5-6,10-11,14,18H,3-4,7-9H2,1-2H3,(H,19,20). The van der Waals surface area contributed by atoms with Crippen LogP contribution in [0.2, 0.25) is 0 Å². The molecular formula is C16H23BrN2O2. The second-order valence-corrected chi connectivity index (χ2v) is 6.57. The zero-order valence-corrected chi connectivity index (χ0v) is 14.2. The van der Waals surface area contributed by atoms with Gasteiger partial charge in [0.2, 0.25) is 5.91 Å². The number of carbonyl (C=O) groups excluding carboxylic acids is 1. The van der Waals surface area contributed by atoms with Crippen molar-refractivity contribution in [1.29, 1.82) is 0 Å². The number of benzene rings is 1. The molecule has 1 heterocycles. The van der Waals surface area contributed by atoms with Gasteiger partial charge in [-0.15, -0.1) is 0 Å². The maximum Gasteiger partial charge on any atom is 0.221 e. The topological polar surface area (TPSA) is 50.4 Å². The number of rotatable bonds is 5. The summed E-state index contributed by atoms with van der Waals surface area (Å²) < 4.78 is 6.82. The first-order chi connectivity index (χ1) is 10.1. The highest BCUT2D eigenvalue weighted by Crippen LogP contribution is 2.33. The normalized spacial score (nSPS) is 17.8. The lowest BCUT2D eigenvalue weighted by Gasteiger charge is -2.18. The number of amides is 1. The minimum Gasteiger partial charge on any atom is -0.493 e. The van der Waals surface area contributed by atoms with Crippen LogP contribution in [0.15, 0.2) is 22.7 Å². The van der Waals surface area contributed by atoms with Gasteiger partial charge in [-0.25, -0.2) is 0 Å². The molecule has 21 heavy (non-hydrogen) atoms. The van der Waals surface area contributed by atoms with Gasteiger partial charge in [0.05, 0.1) is 6.61 Å². The van der Waals surface area contributed by atoms with Crippen LogP contribution in [-0.2, 0) is 4.79 Å². The molecule has 1 aromatic carbocycles. The number of carbonyl (C=O) groups is 1. The summed E-state index contributed by atoms with van der Waals surface area (Å²) in [5.74, 6) is 1.03. The third-order valence-electron chi connectivity index (χ3n) is 3.44. The van der Waals surface area contributed by atoms with Gasteiger partial charge in [-0.05, 0) is 38.8 Å². The lowest BCUT2D eigenvalue weighted by molar-refractivity contribution is -0.121. The second-order valence-electron chi connectivity index (χ2n) is 5.65. The van der Waals surface area contributed by atoms with Gasteiger partial charge >= 0.3 is 0 Å². The number of halogens is 1. The van der Waals surface area contributed by atoms with Gasteiger partial charge in [0, 0.05) is 35.1 Å². The van der Waals surface area contributed by atoms with E-state index in [1.165, 1.54) is 5.56 Å². The molecule has 0 saturated heterocycles. The van der Waals surface area contributed by atoms with Gasteiger partial charge in [-0.3, -0.25) is 4.79 Å². The molecule has 1 aromatic rings. The van der Waals surface area contributed by atoms with E-state index in [1.54, 1.807) is 0 Å². The molecule has 0 bridgehead atoms. The minimum atomic E-state index is 0.0957. The highest BCUT2D eigenvalue weighted by atomic mass is 79.9. The van der Waals surface area contributed by atoms with Crippen LogP contribution in [0.1, 0.15) is 44.7 Å². The molecule has 1 amide bonds. The van der Waals surface area contributed by atoms with Gasteiger partial charge in [0.15, 0.2) is 0 Å². The molecule has 0 radical (unpaired) electrons. The molecule has 4 nitrogen and oxygen atoms in total. The first-order valence-electron chi connectivity index (χ1n) is 7.51. The molecule has 1 aliphatic heterocycles. The maximum atomic E-state index is 11.7. The van der Waals surface area contributed by atoms with E-state index in [2.05, 4.69) is 32.6 Å².